The van der Waals surface area contributed by atoms with Gasteiger partial charge in [0, 0.05) is 12.1 Å². The van der Waals surface area contributed by atoms with Crippen LogP contribution in [0.4, 0.5) is 0 Å². The molecule has 1 fully saturated rings. The molecule has 7 heteroatoms. The summed E-state index contributed by atoms with van der Waals surface area (Å²) in [6.45, 7) is 5.64. The molecule has 0 saturated carbocycles. The van der Waals surface area contributed by atoms with Crippen LogP contribution < -0.4 is 0 Å². The van der Waals surface area contributed by atoms with Gasteiger partial charge in [0.05, 0.1) is 30.9 Å². The molecular weight excluding hydrogens is 270 g/mol. The zero-order chi connectivity index (χ0) is 13.9. The summed E-state index contributed by atoms with van der Waals surface area (Å²) >= 11 is 5.16. The summed E-state index contributed by atoms with van der Waals surface area (Å²) in [5.41, 5.74) is -0.0225. The van der Waals surface area contributed by atoms with Crippen molar-refractivity contribution >= 4 is 26.1 Å². The third kappa shape index (κ3) is 4.91. The number of hydrogen-bond acceptors (Lipinski definition) is 4. The highest BCUT2D eigenvalue weighted by Gasteiger charge is 2.36. The van der Waals surface area contributed by atoms with E-state index < -0.39 is 6.49 Å². The predicted octanol–water partition coefficient (Wildman–Crippen LogP) is 1.25. The van der Waals surface area contributed by atoms with Crippen LogP contribution in [0.15, 0.2) is 0 Å². The average Bonchev–Trinajstić information content (AvgIpc) is 2.56. The van der Waals surface area contributed by atoms with Crippen molar-refractivity contribution in [2.24, 2.45) is 0 Å². The van der Waals surface area contributed by atoms with Crippen LogP contribution >= 0.6 is 6.49 Å². The maximum Gasteiger partial charge on any atom is 0.188 e. The lowest BCUT2D eigenvalue weighted by Crippen LogP contribution is -2.24. The van der Waals surface area contributed by atoms with Gasteiger partial charge >= 0.3 is 0 Å². The van der Waals surface area contributed by atoms with Crippen LogP contribution in [0.25, 0.3) is 0 Å². The molecule has 18 heavy (non-hydrogen) atoms. The van der Waals surface area contributed by atoms with Crippen molar-refractivity contribution in [2.45, 2.75) is 64.1 Å². The molecule has 0 bridgehead atoms. The van der Waals surface area contributed by atoms with Gasteiger partial charge in [0.1, 0.15) is 7.85 Å². The third-order valence-electron chi connectivity index (χ3n) is 2.98. The first-order valence-corrected chi connectivity index (χ1v) is 9.24. The standard InChI is InChI=1S/C11H24BO4PS/c1-7(2)14-6-9-5-10(11(12)15-9)16-17(13,18)8(3)4/h7-11H,5-6,12H2,1-4H3,(H,13,18)/t9-,10+,11+,17?/m0/s1. The van der Waals surface area contributed by atoms with Crippen LogP contribution in [0, 0.1) is 0 Å². The molecular formula is C11H24BO4PS. The van der Waals surface area contributed by atoms with Crippen LogP contribution in [-0.2, 0) is 25.8 Å². The molecule has 1 aliphatic heterocycles. The zero-order valence-corrected chi connectivity index (χ0v) is 13.5. The first-order chi connectivity index (χ1) is 8.22. The van der Waals surface area contributed by atoms with Gasteiger partial charge in [-0.05, 0) is 25.7 Å². The smallest absolute Gasteiger partial charge is 0.188 e. The van der Waals surface area contributed by atoms with Gasteiger partial charge in [-0.15, -0.1) is 0 Å². The molecule has 0 radical (unpaired) electrons. The quantitative estimate of drug-likeness (QED) is 0.590. The lowest BCUT2D eigenvalue weighted by Gasteiger charge is -2.25. The molecule has 0 aliphatic carbocycles. The molecule has 0 aromatic carbocycles. The van der Waals surface area contributed by atoms with Crippen molar-refractivity contribution < 1.29 is 18.9 Å². The maximum absolute atomic E-state index is 10.1. The van der Waals surface area contributed by atoms with Gasteiger partial charge in [0.25, 0.3) is 0 Å². The van der Waals surface area contributed by atoms with Crippen molar-refractivity contribution in [2.75, 3.05) is 6.61 Å². The van der Waals surface area contributed by atoms with Gasteiger partial charge in [0.15, 0.2) is 6.49 Å². The van der Waals surface area contributed by atoms with E-state index in [2.05, 4.69) is 0 Å². The summed E-state index contributed by atoms with van der Waals surface area (Å²) in [5, 5.41) is 0. The lowest BCUT2D eigenvalue weighted by molar-refractivity contribution is -0.0178. The van der Waals surface area contributed by atoms with Gasteiger partial charge < -0.3 is 18.9 Å². The van der Waals surface area contributed by atoms with Crippen LogP contribution in [0.2, 0.25) is 0 Å². The predicted molar refractivity (Wildman–Crippen MR) is 79.4 cm³/mol. The van der Waals surface area contributed by atoms with Crippen molar-refractivity contribution in [1.82, 2.24) is 0 Å². The van der Waals surface area contributed by atoms with Gasteiger partial charge in [0.2, 0.25) is 0 Å². The normalized spacial score (nSPS) is 32.1. The van der Waals surface area contributed by atoms with Crippen molar-refractivity contribution in [3.63, 3.8) is 0 Å². The highest BCUT2D eigenvalue weighted by molar-refractivity contribution is 8.09. The van der Waals surface area contributed by atoms with Crippen molar-refractivity contribution in [3.8, 4) is 0 Å². The minimum Gasteiger partial charge on any atom is -0.379 e. The Balaban J connectivity index is 2.47. The molecule has 1 heterocycles. The fourth-order valence-corrected chi connectivity index (χ4v) is 2.97. The molecule has 1 unspecified atom stereocenters. The second kappa shape index (κ2) is 6.82. The van der Waals surface area contributed by atoms with Gasteiger partial charge in [-0.1, -0.05) is 13.8 Å². The zero-order valence-electron chi connectivity index (χ0n) is 11.8. The fraction of sp³-hybridized carbons (Fsp3) is 1.00. The first kappa shape index (κ1) is 16.6. The third-order valence-corrected chi connectivity index (χ3v) is 6.38. The summed E-state index contributed by atoms with van der Waals surface area (Å²) in [6.07, 6.45) is 0.848. The van der Waals surface area contributed by atoms with Gasteiger partial charge in [-0.2, -0.15) is 0 Å². The van der Waals surface area contributed by atoms with E-state index in [0.29, 0.717) is 6.61 Å². The maximum atomic E-state index is 10.1. The molecule has 0 aromatic rings. The topological polar surface area (TPSA) is 47.9 Å². The van der Waals surface area contributed by atoms with E-state index in [9.17, 15) is 4.89 Å². The Morgan fingerprint density at radius 2 is 2.06 bits per heavy atom. The molecule has 1 N–H and O–H groups in total. The fourth-order valence-electron chi connectivity index (χ4n) is 1.75. The van der Waals surface area contributed by atoms with Crippen molar-refractivity contribution in [3.05, 3.63) is 0 Å². The summed E-state index contributed by atoms with van der Waals surface area (Å²) in [4.78, 5) is 10.1. The Morgan fingerprint density at radius 3 is 2.56 bits per heavy atom. The SMILES string of the molecule is B[C@@H]1O[C@H](COC(C)C)C[C@H]1OP(O)(=S)C(C)C. The largest absolute Gasteiger partial charge is 0.379 e. The molecule has 1 aliphatic rings. The highest BCUT2D eigenvalue weighted by atomic mass is 32.5. The van der Waals surface area contributed by atoms with Crippen LogP contribution in [0.1, 0.15) is 34.1 Å². The minimum atomic E-state index is -2.70. The number of ether oxygens (including phenoxy) is 2. The Labute approximate surface area is 116 Å². The second-order valence-electron chi connectivity index (χ2n) is 5.38. The van der Waals surface area contributed by atoms with E-state index in [4.69, 9.17) is 25.8 Å². The van der Waals surface area contributed by atoms with Crippen molar-refractivity contribution in [1.29, 1.82) is 0 Å². The molecule has 4 nitrogen and oxygen atoms in total. The second-order valence-corrected chi connectivity index (χ2v) is 9.32. The van der Waals surface area contributed by atoms with Crippen LogP contribution in [0.5, 0.6) is 0 Å². The molecule has 0 aromatic heterocycles. The van der Waals surface area contributed by atoms with Gasteiger partial charge in [-0.25, -0.2) is 0 Å². The van der Waals surface area contributed by atoms with Gasteiger partial charge in [-0.3, -0.25) is 0 Å². The van der Waals surface area contributed by atoms with Crippen LogP contribution in [0.3, 0.4) is 0 Å². The summed E-state index contributed by atoms with van der Waals surface area (Å²) in [6, 6.07) is -0.0426. The first-order valence-electron chi connectivity index (χ1n) is 6.50. The highest BCUT2D eigenvalue weighted by Crippen LogP contribution is 2.50. The summed E-state index contributed by atoms with van der Waals surface area (Å²) in [7, 11) is 1.95. The van der Waals surface area contributed by atoms with E-state index in [0.717, 1.165) is 6.42 Å². The van der Waals surface area contributed by atoms with E-state index in [1.807, 2.05) is 35.5 Å². The Hall–Kier alpha value is 0.555. The van der Waals surface area contributed by atoms with E-state index >= 15 is 0 Å². The van der Waals surface area contributed by atoms with E-state index in [1.54, 1.807) is 0 Å². The number of rotatable bonds is 6. The Bertz CT molecular complexity index is 313. The Kier molecular flexibility index (Phi) is 6.30. The lowest BCUT2D eigenvalue weighted by atomic mass is 9.94. The molecule has 4 atom stereocenters. The van der Waals surface area contributed by atoms with E-state index in [1.165, 1.54) is 0 Å². The molecule has 106 valence electrons. The number of hydrogen-bond donors (Lipinski definition) is 1. The minimum absolute atomic E-state index is 0.0225. The monoisotopic (exact) mass is 294 g/mol. The van der Waals surface area contributed by atoms with E-state index in [-0.39, 0.29) is 30.0 Å². The Morgan fingerprint density at radius 1 is 1.44 bits per heavy atom. The summed E-state index contributed by atoms with van der Waals surface area (Å²) in [5.74, 6) is 0. The average molecular weight is 294 g/mol. The molecule has 0 amide bonds. The summed E-state index contributed by atoms with van der Waals surface area (Å²) < 4.78 is 17.0. The molecule has 0 spiro atoms. The molecule has 1 rings (SSSR count). The van der Waals surface area contributed by atoms with Crippen LogP contribution in [-0.4, -0.2) is 49.3 Å². The molecule has 1 saturated heterocycles.